The summed E-state index contributed by atoms with van der Waals surface area (Å²) in [5.74, 6) is 0.907. The second kappa shape index (κ2) is 22.6. The van der Waals surface area contributed by atoms with Gasteiger partial charge in [0.25, 0.3) is 0 Å². The summed E-state index contributed by atoms with van der Waals surface area (Å²) in [5.41, 5.74) is 15.6. The van der Waals surface area contributed by atoms with Crippen LogP contribution in [-0.2, 0) is 12.0 Å². The van der Waals surface area contributed by atoms with Gasteiger partial charge in [0.1, 0.15) is 5.84 Å². The number of hydrogen-bond donors (Lipinski definition) is 1. The minimum absolute atomic E-state index is 0.199. The number of nitrogens with zero attached hydrogens (tertiary/aromatic N) is 3. The quantitative estimate of drug-likeness (QED) is 0.0907. The molecule has 0 fully saturated rings. The second-order valence-electron chi connectivity index (χ2n) is 22.6. The van der Waals surface area contributed by atoms with Crippen LogP contribution in [0.15, 0.2) is 302 Å². The molecule has 1 atom stereocenters. The molecule has 1 N–H and O–H groups in total. The number of allylic oxidation sites excluding steroid dienone is 1. The summed E-state index contributed by atoms with van der Waals surface area (Å²) in [7, 11) is 2.21. The fraction of sp³-hybridized carbons (Fsp3) is 0.0617. The predicted molar refractivity (Wildman–Crippen MR) is 374 cm³/mol. The van der Waals surface area contributed by atoms with E-state index in [1.165, 1.54) is 41.2 Å². The van der Waals surface area contributed by atoms with Gasteiger partial charge in [0.2, 0.25) is 0 Å². The van der Waals surface area contributed by atoms with Crippen LogP contribution in [0.4, 0.5) is 0 Å². The van der Waals surface area contributed by atoms with Crippen LogP contribution in [0.2, 0.25) is 0 Å². The van der Waals surface area contributed by atoms with E-state index in [0.717, 1.165) is 93.3 Å². The minimum Gasteiger partial charge on any atom is -0.356 e. The van der Waals surface area contributed by atoms with Gasteiger partial charge in [-0.1, -0.05) is 273 Å². The van der Waals surface area contributed by atoms with Crippen molar-refractivity contribution in [1.82, 2.24) is 9.47 Å². The molecule has 0 radical (unpaired) electrons. The zero-order valence-corrected chi connectivity index (χ0v) is 50.0. The molecule has 4 nitrogen and oxygen atoms in total. The maximum absolute atomic E-state index is 10.2. The highest BCUT2D eigenvalue weighted by Gasteiger charge is 2.43. The summed E-state index contributed by atoms with van der Waals surface area (Å²) in [6.45, 7) is 2.65. The average molecular weight is 1150 g/mol. The fourth-order valence-corrected chi connectivity index (χ4v) is 15.9. The normalized spacial score (nSPS) is 12.9. The molecule has 0 aliphatic heterocycles. The Bertz CT molecular complexity index is 4980. The first-order chi connectivity index (χ1) is 42.9. The van der Waals surface area contributed by atoms with Gasteiger partial charge >= 0.3 is 0 Å². The van der Waals surface area contributed by atoms with E-state index >= 15 is 0 Å². The van der Waals surface area contributed by atoms with Crippen LogP contribution in [-0.4, -0.2) is 34.7 Å². The van der Waals surface area contributed by atoms with Crippen LogP contribution in [0.5, 0.6) is 0 Å². The fourth-order valence-electron chi connectivity index (χ4n) is 13.6. The van der Waals surface area contributed by atoms with Gasteiger partial charge in [-0.2, -0.15) is 0 Å². The van der Waals surface area contributed by atoms with Gasteiger partial charge < -0.3 is 9.47 Å². The molecule has 1 unspecified atom stereocenters. The summed E-state index contributed by atoms with van der Waals surface area (Å²) in [6, 6.07) is 106. The van der Waals surface area contributed by atoms with E-state index in [4.69, 9.17) is 4.99 Å². The van der Waals surface area contributed by atoms with E-state index < -0.39 is 5.54 Å². The number of nitrogens with one attached hydrogen (secondary N) is 1. The molecule has 0 bridgehead atoms. The molecule has 0 aliphatic carbocycles. The Morgan fingerprint density at radius 1 is 0.425 bits per heavy atom. The Morgan fingerprint density at radius 3 is 1.32 bits per heavy atom. The van der Waals surface area contributed by atoms with Crippen molar-refractivity contribution in [2.75, 3.05) is 13.6 Å². The van der Waals surface area contributed by atoms with E-state index in [1.807, 2.05) is 0 Å². The van der Waals surface area contributed by atoms with Crippen molar-refractivity contribution in [2.45, 2.75) is 18.9 Å². The van der Waals surface area contributed by atoms with E-state index in [1.54, 1.807) is 22.7 Å². The molecule has 15 rings (SSSR count). The highest BCUT2D eigenvalue weighted by Crippen LogP contribution is 2.53. The Hall–Kier alpha value is -10.2. The van der Waals surface area contributed by atoms with Crippen molar-refractivity contribution in [1.29, 1.82) is 5.41 Å². The number of amidine groups is 2. The lowest BCUT2D eigenvalue weighted by atomic mass is 9.77. The van der Waals surface area contributed by atoms with Crippen LogP contribution in [0, 0.1) is 5.41 Å². The second-order valence-corrected chi connectivity index (χ2v) is 24.8. The number of hydrogen-bond acceptors (Lipinski definition) is 3. The van der Waals surface area contributed by atoms with Gasteiger partial charge in [-0.3, -0.25) is 5.41 Å². The predicted octanol–water partition coefficient (Wildman–Crippen LogP) is 21.6. The van der Waals surface area contributed by atoms with Gasteiger partial charge in [0.15, 0.2) is 5.84 Å². The third-order valence-electron chi connectivity index (χ3n) is 17.4. The topological polar surface area (TPSA) is 44.4 Å². The molecule has 0 saturated carbocycles. The van der Waals surface area contributed by atoms with Gasteiger partial charge in [-0.05, 0) is 81.3 Å². The molecule has 15 aromatic rings. The van der Waals surface area contributed by atoms with Crippen LogP contribution in [0.1, 0.15) is 29.2 Å². The van der Waals surface area contributed by atoms with Crippen molar-refractivity contribution < 1.29 is 0 Å². The minimum atomic E-state index is -0.954. The number of rotatable bonds is 13. The standard InChI is InChI=1S/C81H60N4S2/c1-3-70(57-32-16-7-17-33-57)81(52-54-26-10-4-11-27-54,53-84(2)80(61-43-45-67-65-39-23-25-41-72(65)87-74(67)51-61)83-79(82)60-42-44-66-64-38-22-24-40-71(64)86-73(66)50-60)85-77-68(48-46-62(55-28-12-5-13-29-55)75(77)58-34-18-8-19-35-58)69-49-47-63(56-30-14-6-15-31-56)76(78(69)85)59-36-20-9-21-37-59/h3-51,82H,52-53H2,1-2H3/b70-3-,82-79?,83-80-. The molecule has 416 valence electrons. The van der Waals surface area contributed by atoms with E-state index in [0.29, 0.717) is 18.8 Å². The highest BCUT2D eigenvalue weighted by molar-refractivity contribution is 7.26. The number of likely N-dealkylation sites (N-methyl/N-ethyl adjacent to an activating group) is 1. The van der Waals surface area contributed by atoms with Gasteiger partial charge in [0.05, 0.1) is 16.6 Å². The molecule has 12 aromatic carbocycles. The summed E-state index contributed by atoms with van der Waals surface area (Å²) in [6.07, 6.45) is 2.96. The SMILES string of the molecule is C/C=C(/c1ccccc1)C(Cc1ccccc1)(CN(C)/C(=N\C(=N)c1ccc2c(c1)sc1ccccc12)c1ccc2c(c1)sc1ccccc12)n1c2c(-c3ccccc3)c(-c3ccccc3)ccc2c2ccc(-c3ccccc3)c(-c3ccccc3)c21. The maximum Gasteiger partial charge on any atom is 0.154 e. The summed E-state index contributed by atoms with van der Waals surface area (Å²) in [5, 5.41) is 17.4. The lowest BCUT2D eigenvalue weighted by Gasteiger charge is -2.44. The molecule has 87 heavy (non-hydrogen) atoms. The average Bonchev–Trinajstić information content (AvgIpc) is 1.68. The molecule has 3 heterocycles. The van der Waals surface area contributed by atoms with Crippen molar-refractivity contribution in [3.05, 3.63) is 320 Å². The van der Waals surface area contributed by atoms with Crippen LogP contribution in [0.25, 0.3) is 112 Å². The molecular weight excluding hydrogens is 1090 g/mol. The molecule has 6 heteroatoms. The van der Waals surface area contributed by atoms with Gasteiger partial charge in [0, 0.05) is 93.4 Å². The Morgan fingerprint density at radius 2 is 0.828 bits per heavy atom. The van der Waals surface area contributed by atoms with E-state index in [2.05, 4.69) is 321 Å². The number of aliphatic imine (C=N–C) groups is 1. The smallest absolute Gasteiger partial charge is 0.154 e. The molecular formula is C81H60N4S2. The van der Waals surface area contributed by atoms with Crippen molar-refractivity contribution in [2.24, 2.45) is 4.99 Å². The number of aromatic nitrogens is 1. The van der Waals surface area contributed by atoms with Gasteiger partial charge in [-0.15, -0.1) is 22.7 Å². The van der Waals surface area contributed by atoms with E-state index in [9.17, 15) is 5.41 Å². The summed E-state index contributed by atoms with van der Waals surface area (Å²) >= 11 is 3.57. The number of fused-ring (bicyclic) bond motifs is 9. The lowest BCUT2D eigenvalue weighted by molar-refractivity contribution is 0.311. The first kappa shape index (κ1) is 53.5. The third-order valence-corrected chi connectivity index (χ3v) is 19.7. The summed E-state index contributed by atoms with van der Waals surface area (Å²) in [4.78, 5) is 8.01. The van der Waals surface area contributed by atoms with Crippen LogP contribution in [0.3, 0.4) is 0 Å². The van der Waals surface area contributed by atoms with Crippen LogP contribution < -0.4 is 0 Å². The molecule has 0 aliphatic rings. The molecule has 3 aromatic heterocycles. The first-order valence-electron chi connectivity index (χ1n) is 29.8. The Labute approximate surface area is 515 Å². The Balaban J connectivity index is 1.09. The monoisotopic (exact) mass is 1150 g/mol. The lowest BCUT2D eigenvalue weighted by Crippen LogP contribution is -2.49. The van der Waals surface area contributed by atoms with Crippen molar-refractivity contribution in [3.63, 3.8) is 0 Å². The maximum atomic E-state index is 10.2. The largest absolute Gasteiger partial charge is 0.356 e. The van der Waals surface area contributed by atoms with Crippen LogP contribution >= 0.6 is 22.7 Å². The number of benzene rings is 12. The zero-order chi connectivity index (χ0) is 58.4. The molecule has 0 amide bonds. The summed E-state index contributed by atoms with van der Waals surface area (Å²) < 4.78 is 7.57. The first-order valence-corrected chi connectivity index (χ1v) is 31.4. The van der Waals surface area contributed by atoms with E-state index in [-0.39, 0.29) is 5.84 Å². The molecule has 0 spiro atoms. The van der Waals surface area contributed by atoms with Gasteiger partial charge in [-0.25, -0.2) is 4.99 Å². The highest BCUT2D eigenvalue weighted by atomic mass is 32.1. The molecule has 0 saturated heterocycles. The zero-order valence-electron chi connectivity index (χ0n) is 48.4. The number of thiophene rings is 2. The van der Waals surface area contributed by atoms with Crippen molar-refractivity contribution in [3.8, 4) is 44.5 Å². The third kappa shape index (κ3) is 9.55. The Kier molecular flexibility index (Phi) is 13.9. The van der Waals surface area contributed by atoms with Crippen molar-refractivity contribution >= 4 is 102 Å².